The Balaban J connectivity index is 2.09. The molecule has 0 aliphatic carbocycles. The molecular weight excluding hydrogens is 328 g/mol. The second-order valence-electron chi connectivity index (χ2n) is 5.52. The first-order valence-corrected chi connectivity index (χ1v) is 8.87. The summed E-state index contributed by atoms with van der Waals surface area (Å²) in [5, 5.41) is 5.08. The molecule has 1 aromatic carbocycles. The molecule has 0 radical (unpaired) electrons. The Labute approximate surface area is 141 Å². The lowest BCUT2D eigenvalue weighted by atomic mass is 10.1. The van der Waals surface area contributed by atoms with Gasteiger partial charge in [0.05, 0.1) is 10.9 Å². The first-order valence-electron chi connectivity index (χ1n) is 7.32. The smallest absolute Gasteiger partial charge is 0.246 e. The van der Waals surface area contributed by atoms with Crippen molar-refractivity contribution in [1.29, 1.82) is 0 Å². The molecule has 128 valence electrons. The lowest BCUT2D eigenvalue weighted by Crippen LogP contribution is -2.28. The number of amides is 1. The summed E-state index contributed by atoms with van der Waals surface area (Å²) < 4.78 is 27.9. The molecule has 1 aromatic heterocycles. The number of primary sulfonamides is 1. The van der Waals surface area contributed by atoms with Gasteiger partial charge in [0.25, 0.3) is 0 Å². The molecule has 1 amide bonds. The number of rotatable bonds is 5. The van der Waals surface area contributed by atoms with Crippen LogP contribution in [0.3, 0.4) is 0 Å². The van der Waals surface area contributed by atoms with Crippen LogP contribution in [-0.2, 0) is 14.8 Å². The summed E-state index contributed by atoms with van der Waals surface area (Å²) in [7, 11) is -2.04. The third kappa shape index (κ3) is 4.33. The van der Waals surface area contributed by atoms with Gasteiger partial charge in [-0.05, 0) is 49.8 Å². The molecule has 24 heavy (non-hydrogen) atoms. The van der Waals surface area contributed by atoms with E-state index in [2.05, 4.69) is 0 Å². The van der Waals surface area contributed by atoms with Crippen LogP contribution < -0.4 is 5.14 Å². The SMILES string of the molecule is Cc1ccc(/C=C\C(=O)N(C)[C@@H](C)c2ccc(S(N)(=O)=O)cc2)o1. The number of sulfonamides is 1. The fourth-order valence-electron chi connectivity index (χ4n) is 2.16. The number of carbonyl (C=O) groups is 1. The Kier molecular flexibility index (Phi) is 5.26. The second-order valence-corrected chi connectivity index (χ2v) is 7.08. The lowest BCUT2D eigenvalue weighted by Gasteiger charge is -2.24. The minimum atomic E-state index is -3.72. The van der Waals surface area contributed by atoms with Crippen molar-refractivity contribution in [1.82, 2.24) is 4.90 Å². The van der Waals surface area contributed by atoms with E-state index >= 15 is 0 Å². The average Bonchev–Trinajstić information content (AvgIpc) is 2.96. The van der Waals surface area contributed by atoms with Gasteiger partial charge in [-0.3, -0.25) is 4.79 Å². The highest BCUT2D eigenvalue weighted by atomic mass is 32.2. The van der Waals surface area contributed by atoms with E-state index in [1.54, 1.807) is 36.2 Å². The van der Waals surface area contributed by atoms with E-state index in [1.807, 2.05) is 19.9 Å². The number of hydrogen-bond acceptors (Lipinski definition) is 4. The molecule has 0 saturated heterocycles. The number of nitrogens with zero attached hydrogens (tertiary/aromatic N) is 1. The summed E-state index contributed by atoms with van der Waals surface area (Å²) in [4.78, 5) is 13.8. The quantitative estimate of drug-likeness (QED) is 0.840. The molecule has 0 fully saturated rings. The van der Waals surface area contributed by atoms with Gasteiger partial charge >= 0.3 is 0 Å². The van der Waals surface area contributed by atoms with Gasteiger partial charge < -0.3 is 9.32 Å². The van der Waals surface area contributed by atoms with Crippen LogP contribution in [0.2, 0.25) is 0 Å². The van der Waals surface area contributed by atoms with Crippen LogP contribution in [-0.4, -0.2) is 26.3 Å². The zero-order valence-corrected chi connectivity index (χ0v) is 14.6. The molecule has 1 heterocycles. The molecule has 2 N–H and O–H groups in total. The van der Waals surface area contributed by atoms with Crippen LogP contribution in [0.15, 0.2) is 51.8 Å². The van der Waals surface area contributed by atoms with Gasteiger partial charge in [0.1, 0.15) is 11.5 Å². The maximum atomic E-state index is 12.2. The number of benzene rings is 1. The zero-order chi connectivity index (χ0) is 17.9. The van der Waals surface area contributed by atoms with Crippen LogP contribution in [0.25, 0.3) is 6.08 Å². The highest BCUT2D eigenvalue weighted by molar-refractivity contribution is 7.89. The number of carbonyl (C=O) groups excluding carboxylic acids is 1. The number of nitrogens with two attached hydrogens (primary N) is 1. The highest BCUT2D eigenvalue weighted by Crippen LogP contribution is 2.21. The summed E-state index contributed by atoms with van der Waals surface area (Å²) in [6.45, 7) is 3.69. The Hall–Kier alpha value is -2.38. The van der Waals surface area contributed by atoms with Crippen molar-refractivity contribution in [2.24, 2.45) is 5.14 Å². The van der Waals surface area contributed by atoms with Crippen molar-refractivity contribution in [2.75, 3.05) is 7.05 Å². The molecule has 1 atom stereocenters. The van der Waals surface area contributed by atoms with Crippen LogP contribution in [0.4, 0.5) is 0 Å². The first kappa shape index (κ1) is 18.0. The highest BCUT2D eigenvalue weighted by Gasteiger charge is 2.16. The minimum absolute atomic E-state index is 0.0421. The van der Waals surface area contributed by atoms with Crippen molar-refractivity contribution in [3.8, 4) is 0 Å². The van der Waals surface area contributed by atoms with Gasteiger partial charge in [-0.1, -0.05) is 12.1 Å². The van der Waals surface area contributed by atoms with E-state index < -0.39 is 10.0 Å². The van der Waals surface area contributed by atoms with Crippen LogP contribution in [0.1, 0.15) is 30.0 Å². The Bertz CT molecular complexity index is 851. The molecule has 2 aromatic rings. The summed E-state index contributed by atoms with van der Waals surface area (Å²) in [6.07, 6.45) is 3.05. The molecule has 6 nitrogen and oxygen atoms in total. The largest absolute Gasteiger partial charge is 0.462 e. The van der Waals surface area contributed by atoms with E-state index in [4.69, 9.17) is 9.56 Å². The fraction of sp³-hybridized carbons (Fsp3) is 0.235. The maximum absolute atomic E-state index is 12.2. The van der Waals surface area contributed by atoms with Gasteiger partial charge in [0.15, 0.2) is 0 Å². The molecule has 0 aliphatic heterocycles. The third-order valence-electron chi connectivity index (χ3n) is 3.77. The Morgan fingerprint density at radius 3 is 2.33 bits per heavy atom. The van der Waals surface area contributed by atoms with Crippen molar-refractivity contribution < 1.29 is 17.6 Å². The average molecular weight is 348 g/mol. The molecular formula is C17H20N2O4S. The van der Waals surface area contributed by atoms with E-state index in [1.165, 1.54) is 18.2 Å². The summed E-state index contributed by atoms with van der Waals surface area (Å²) in [6, 6.07) is 9.54. The summed E-state index contributed by atoms with van der Waals surface area (Å²) in [5.74, 6) is 1.20. The minimum Gasteiger partial charge on any atom is -0.462 e. The first-order chi connectivity index (χ1) is 11.2. The third-order valence-corrected chi connectivity index (χ3v) is 4.70. The Morgan fingerprint density at radius 2 is 1.83 bits per heavy atom. The van der Waals surface area contributed by atoms with Crippen molar-refractivity contribution in [2.45, 2.75) is 24.8 Å². The van der Waals surface area contributed by atoms with Gasteiger partial charge in [-0.15, -0.1) is 0 Å². The molecule has 2 rings (SSSR count). The van der Waals surface area contributed by atoms with E-state index in [0.717, 1.165) is 11.3 Å². The molecule has 0 bridgehead atoms. The Morgan fingerprint density at radius 1 is 1.21 bits per heavy atom. The van der Waals surface area contributed by atoms with Crippen molar-refractivity contribution >= 4 is 22.0 Å². The standard InChI is InChI=1S/C17H20N2O4S/c1-12-4-7-15(23-12)8-11-17(20)19(3)13(2)14-5-9-16(10-6-14)24(18,21)22/h4-11,13H,1-3H3,(H2,18,21,22)/b11-8-/t13-/m0/s1. The van der Waals surface area contributed by atoms with Gasteiger partial charge in [-0.25, -0.2) is 13.6 Å². The molecule has 0 unspecified atom stereocenters. The van der Waals surface area contributed by atoms with Crippen LogP contribution >= 0.6 is 0 Å². The van der Waals surface area contributed by atoms with Crippen molar-refractivity contribution in [3.63, 3.8) is 0 Å². The zero-order valence-electron chi connectivity index (χ0n) is 13.8. The monoisotopic (exact) mass is 348 g/mol. The normalized spacial score (nSPS) is 13.2. The van der Waals surface area contributed by atoms with Crippen molar-refractivity contribution in [3.05, 3.63) is 59.6 Å². The number of hydrogen-bond donors (Lipinski definition) is 1. The number of likely N-dealkylation sites (N-methyl/N-ethyl adjacent to an activating group) is 1. The molecule has 0 spiro atoms. The fourth-order valence-corrected chi connectivity index (χ4v) is 2.68. The van der Waals surface area contributed by atoms with Crippen LogP contribution in [0, 0.1) is 6.92 Å². The topological polar surface area (TPSA) is 93.6 Å². The number of aryl methyl sites for hydroxylation is 1. The summed E-state index contributed by atoms with van der Waals surface area (Å²) >= 11 is 0. The molecule has 0 saturated carbocycles. The lowest BCUT2D eigenvalue weighted by molar-refractivity contribution is -0.126. The van der Waals surface area contributed by atoms with Gasteiger partial charge in [0.2, 0.25) is 15.9 Å². The summed E-state index contributed by atoms with van der Waals surface area (Å²) in [5.41, 5.74) is 0.806. The van der Waals surface area contributed by atoms with Crippen LogP contribution in [0.5, 0.6) is 0 Å². The van der Waals surface area contributed by atoms with E-state index in [0.29, 0.717) is 5.76 Å². The number of furan rings is 1. The van der Waals surface area contributed by atoms with E-state index in [9.17, 15) is 13.2 Å². The van der Waals surface area contributed by atoms with Gasteiger partial charge in [0, 0.05) is 13.1 Å². The molecule has 7 heteroatoms. The van der Waals surface area contributed by atoms with Gasteiger partial charge in [-0.2, -0.15) is 0 Å². The second kappa shape index (κ2) is 7.02. The van der Waals surface area contributed by atoms with E-state index in [-0.39, 0.29) is 16.8 Å². The predicted octanol–water partition coefficient (Wildman–Crippen LogP) is 2.47. The maximum Gasteiger partial charge on any atom is 0.246 e. The molecule has 0 aliphatic rings. The predicted molar refractivity (Wildman–Crippen MR) is 91.5 cm³/mol.